The Morgan fingerprint density at radius 1 is 1.50 bits per heavy atom. The van der Waals surface area contributed by atoms with Gasteiger partial charge in [-0.2, -0.15) is 18.3 Å². The van der Waals surface area contributed by atoms with Gasteiger partial charge in [-0.05, 0) is 30.2 Å². The van der Waals surface area contributed by atoms with Crippen molar-refractivity contribution in [3.8, 4) is 0 Å². The van der Waals surface area contributed by atoms with Crippen molar-refractivity contribution < 1.29 is 13.2 Å². The molecule has 1 heterocycles. The molecule has 5 heteroatoms. The number of nitrogens with zero attached hydrogens (tertiary/aromatic N) is 1. The van der Waals surface area contributed by atoms with Crippen molar-refractivity contribution in [2.45, 2.75) is 31.9 Å². The Morgan fingerprint density at radius 3 is 2.72 bits per heavy atom. The molecule has 0 spiro atoms. The molecule has 0 fully saturated rings. The van der Waals surface area contributed by atoms with Gasteiger partial charge in [-0.1, -0.05) is 25.2 Å². The Hall–Kier alpha value is -1.52. The van der Waals surface area contributed by atoms with Crippen LogP contribution in [0.5, 0.6) is 0 Å². The number of halogens is 3. The number of allylic oxidation sites excluding steroid dienone is 4. The summed E-state index contributed by atoms with van der Waals surface area (Å²) in [4.78, 5) is 0. The molecule has 2 atom stereocenters. The van der Waals surface area contributed by atoms with Crippen molar-refractivity contribution in [2.75, 3.05) is 0 Å². The minimum atomic E-state index is -4.24. The third-order valence-electron chi connectivity index (χ3n) is 3.36. The van der Waals surface area contributed by atoms with Crippen LogP contribution in [0.2, 0.25) is 0 Å². The Bertz CT molecular complexity index is 443. The molecule has 2 nitrogen and oxygen atoms in total. The summed E-state index contributed by atoms with van der Waals surface area (Å²) in [5, 5.41) is 6.64. The van der Waals surface area contributed by atoms with Crippen molar-refractivity contribution in [3.05, 3.63) is 41.8 Å². The number of aromatic nitrogens is 2. The highest BCUT2D eigenvalue weighted by molar-refractivity contribution is 5.30. The minimum absolute atomic E-state index is 0.110. The van der Waals surface area contributed by atoms with Crippen LogP contribution in [0.15, 0.2) is 36.2 Å². The number of aromatic amines is 1. The van der Waals surface area contributed by atoms with Crippen molar-refractivity contribution in [1.29, 1.82) is 0 Å². The van der Waals surface area contributed by atoms with Crippen LogP contribution in [0.3, 0.4) is 0 Å². The van der Waals surface area contributed by atoms with E-state index in [1.807, 2.05) is 13.1 Å². The zero-order chi connectivity index (χ0) is 13.2. The molecule has 98 valence electrons. The third-order valence-corrected chi connectivity index (χ3v) is 3.36. The van der Waals surface area contributed by atoms with Crippen LogP contribution < -0.4 is 0 Å². The largest absolute Gasteiger partial charge is 0.416 e. The third kappa shape index (κ3) is 2.66. The van der Waals surface area contributed by atoms with Crippen molar-refractivity contribution in [2.24, 2.45) is 5.92 Å². The summed E-state index contributed by atoms with van der Waals surface area (Å²) < 4.78 is 37.5. The van der Waals surface area contributed by atoms with Crippen molar-refractivity contribution in [3.63, 3.8) is 0 Å². The van der Waals surface area contributed by atoms with E-state index in [0.29, 0.717) is 6.42 Å². The predicted molar refractivity (Wildman–Crippen MR) is 63.0 cm³/mol. The van der Waals surface area contributed by atoms with Gasteiger partial charge in [-0.3, -0.25) is 5.10 Å². The summed E-state index contributed by atoms with van der Waals surface area (Å²) in [5.41, 5.74) is 0.511. The standard InChI is InChI=1S/C13H15F3N2/c1-2-12(10-7-17-18-8-10)9-3-5-11(6-4-9)13(14,15)16/h3,5-9,12H,2,4H2,1H3,(H,17,18). The maximum atomic E-state index is 12.5. The second-order valence-electron chi connectivity index (χ2n) is 4.46. The van der Waals surface area contributed by atoms with Gasteiger partial charge in [0.1, 0.15) is 0 Å². The van der Waals surface area contributed by atoms with E-state index in [0.717, 1.165) is 12.0 Å². The first-order chi connectivity index (χ1) is 8.52. The van der Waals surface area contributed by atoms with Crippen LogP contribution in [0.1, 0.15) is 31.2 Å². The highest BCUT2D eigenvalue weighted by Crippen LogP contribution is 2.37. The minimum Gasteiger partial charge on any atom is -0.285 e. The van der Waals surface area contributed by atoms with Crippen molar-refractivity contribution >= 4 is 0 Å². The van der Waals surface area contributed by atoms with E-state index in [1.165, 1.54) is 12.2 Å². The average Bonchev–Trinajstić information content (AvgIpc) is 2.83. The summed E-state index contributed by atoms with van der Waals surface area (Å²) >= 11 is 0. The fourth-order valence-electron chi connectivity index (χ4n) is 2.39. The Balaban J connectivity index is 2.10. The Labute approximate surface area is 104 Å². The maximum Gasteiger partial charge on any atom is 0.416 e. The van der Waals surface area contributed by atoms with Gasteiger partial charge in [0.2, 0.25) is 0 Å². The summed E-state index contributed by atoms with van der Waals surface area (Å²) in [6.07, 6.45) is 4.77. The lowest BCUT2D eigenvalue weighted by molar-refractivity contribution is -0.0887. The summed E-state index contributed by atoms with van der Waals surface area (Å²) in [5.74, 6) is 0.324. The van der Waals surface area contributed by atoms with Crippen LogP contribution in [-0.2, 0) is 0 Å². The number of hydrogen-bond acceptors (Lipinski definition) is 1. The van der Waals surface area contributed by atoms with Gasteiger partial charge >= 0.3 is 6.18 Å². The molecular formula is C13H15F3N2. The molecule has 2 unspecified atom stereocenters. The van der Waals surface area contributed by atoms with Gasteiger partial charge in [-0.15, -0.1) is 0 Å². The fraction of sp³-hybridized carbons (Fsp3) is 0.462. The predicted octanol–water partition coefficient (Wildman–Crippen LogP) is 3.97. The van der Waals surface area contributed by atoms with Crippen molar-refractivity contribution in [1.82, 2.24) is 10.2 Å². The lowest BCUT2D eigenvalue weighted by Crippen LogP contribution is -2.16. The van der Waals surface area contributed by atoms with E-state index in [1.54, 1.807) is 12.3 Å². The van der Waals surface area contributed by atoms with Gasteiger partial charge < -0.3 is 0 Å². The molecule has 0 aliphatic heterocycles. The number of H-pyrrole nitrogens is 1. The maximum absolute atomic E-state index is 12.5. The zero-order valence-electron chi connectivity index (χ0n) is 10.0. The van der Waals surface area contributed by atoms with Gasteiger partial charge in [0.05, 0.1) is 11.8 Å². The highest BCUT2D eigenvalue weighted by Gasteiger charge is 2.34. The van der Waals surface area contributed by atoms with Crippen LogP contribution in [-0.4, -0.2) is 16.4 Å². The molecule has 1 aliphatic carbocycles. The number of nitrogens with one attached hydrogen (secondary N) is 1. The van der Waals surface area contributed by atoms with E-state index in [9.17, 15) is 13.2 Å². The highest BCUT2D eigenvalue weighted by atomic mass is 19.4. The molecule has 2 rings (SSSR count). The second kappa shape index (κ2) is 5.00. The molecule has 0 saturated heterocycles. The van der Waals surface area contributed by atoms with E-state index in [4.69, 9.17) is 0 Å². The van der Waals surface area contributed by atoms with Crippen LogP contribution in [0, 0.1) is 5.92 Å². The summed E-state index contributed by atoms with van der Waals surface area (Å²) in [7, 11) is 0. The first-order valence-corrected chi connectivity index (χ1v) is 5.96. The Kier molecular flexibility index (Phi) is 3.59. The molecule has 0 saturated carbocycles. The zero-order valence-corrected chi connectivity index (χ0v) is 10.0. The molecule has 18 heavy (non-hydrogen) atoms. The molecule has 1 aromatic heterocycles. The number of hydrogen-bond donors (Lipinski definition) is 1. The van der Waals surface area contributed by atoms with E-state index >= 15 is 0 Å². The smallest absolute Gasteiger partial charge is 0.285 e. The molecule has 1 N–H and O–H groups in total. The normalized spacial score (nSPS) is 21.8. The molecule has 0 amide bonds. The number of alkyl halides is 3. The second-order valence-corrected chi connectivity index (χ2v) is 4.46. The molecule has 0 aromatic carbocycles. The topological polar surface area (TPSA) is 28.7 Å². The lowest BCUT2D eigenvalue weighted by Gasteiger charge is -2.24. The van der Waals surface area contributed by atoms with Crippen LogP contribution in [0.25, 0.3) is 0 Å². The molecular weight excluding hydrogens is 241 g/mol. The van der Waals surface area contributed by atoms with E-state index < -0.39 is 11.7 Å². The van der Waals surface area contributed by atoms with Gasteiger partial charge in [-0.25, -0.2) is 0 Å². The number of rotatable bonds is 3. The Morgan fingerprint density at radius 2 is 2.28 bits per heavy atom. The van der Waals surface area contributed by atoms with Gasteiger partial charge in [0.15, 0.2) is 0 Å². The van der Waals surface area contributed by atoms with Crippen LogP contribution >= 0.6 is 0 Å². The molecule has 0 radical (unpaired) electrons. The first-order valence-electron chi connectivity index (χ1n) is 5.96. The quantitative estimate of drug-likeness (QED) is 0.871. The lowest BCUT2D eigenvalue weighted by atomic mass is 9.80. The average molecular weight is 256 g/mol. The van der Waals surface area contributed by atoms with E-state index in [-0.39, 0.29) is 11.8 Å². The van der Waals surface area contributed by atoms with Crippen LogP contribution in [0.4, 0.5) is 13.2 Å². The molecule has 1 aliphatic rings. The monoisotopic (exact) mass is 256 g/mol. The SMILES string of the molecule is CCC(c1cn[nH]c1)C1C=CC(C(F)(F)F)=CC1. The van der Waals surface area contributed by atoms with Gasteiger partial charge in [0.25, 0.3) is 0 Å². The summed E-state index contributed by atoms with van der Waals surface area (Å²) in [6, 6.07) is 0. The first kappa shape index (κ1) is 12.9. The molecule has 0 bridgehead atoms. The van der Waals surface area contributed by atoms with Gasteiger partial charge in [0, 0.05) is 6.20 Å². The van der Waals surface area contributed by atoms with E-state index in [2.05, 4.69) is 10.2 Å². The summed E-state index contributed by atoms with van der Waals surface area (Å²) in [6.45, 7) is 2.04. The molecule has 1 aromatic rings. The fourth-order valence-corrected chi connectivity index (χ4v) is 2.39.